The maximum Gasteiger partial charge on any atom is 0.307 e. The number of carboxylic acid groups (broad SMARTS) is 1. The zero-order valence-corrected chi connectivity index (χ0v) is 10.4. The monoisotopic (exact) mass is 285 g/mol. The fourth-order valence-electron chi connectivity index (χ4n) is 1.84. The lowest BCUT2D eigenvalue weighted by Crippen LogP contribution is -2.28. The number of nitrogens with one attached hydrogen (secondary N) is 1. The average molecular weight is 285 g/mol. The highest BCUT2D eigenvalue weighted by Gasteiger charge is 2.48. The number of carboxylic acids is 1. The molecule has 0 spiro atoms. The van der Waals surface area contributed by atoms with E-state index >= 15 is 0 Å². The SMILES string of the molecule is O=C(O)[C@@H]1C[C@H]1C(=O)NCCc1nccc(C(F)F)n1. The molecule has 1 fully saturated rings. The molecule has 108 valence electrons. The molecular formula is C12H13F2N3O3. The molecule has 1 aliphatic rings. The highest BCUT2D eigenvalue weighted by atomic mass is 19.3. The van der Waals surface area contributed by atoms with Crippen molar-refractivity contribution in [1.29, 1.82) is 0 Å². The number of amides is 1. The Morgan fingerprint density at radius 1 is 1.45 bits per heavy atom. The minimum Gasteiger partial charge on any atom is -0.481 e. The summed E-state index contributed by atoms with van der Waals surface area (Å²) >= 11 is 0. The summed E-state index contributed by atoms with van der Waals surface area (Å²) < 4.78 is 24.8. The molecule has 2 atom stereocenters. The van der Waals surface area contributed by atoms with Gasteiger partial charge in [0.1, 0.15) is 11.5 Å². The van der Waals surface area contributed by atoms with E-state index < -0.39 is 24.2 Å². The number of aromatic nitrogens is 2. The summed E-state index contributed by atoms with van der Waals surface area (Å²) in [7, 11) is 0. The van der Waals surface area contributed by atoms with E-state index in [1.54, 1.807) is 0 Å². The second-order valence-electron chi connectivity index (χ2n) is 4.53. The first-order chi connectivity index (χ1) is 9.49. The van der Waals surface area contributed by atoms with Crippen molar-refractivity contribution in [3.63, 3.8) is 0 Å². The summed E-state index contributed by atoms with van der Waals surface area (Å²) in [5.41, 5.74) is -0.352. The molecule has 1 heterocycles. The maximum atomic E-state index is 12.4. The minimum absolute atomic E-state index is 0.189. The van der Waals surface area contributed by atoms with Gasteiger partial charge in [0.25, 0.3) is 6.43 Å². The largest absolute Gasteiger partial charge is 0.481 e. The number of carbonyl (C=O) groups is 2. The van der Waals surface area contributed by atoms with Crippen LogP contribution in [0.3, 0.4) is 0 Å². The Balaban J connectivity index is 1.77. The van der Waals surface area contributed by atoms with Gasteiger partial charge in [0, 0.05) is 19.2 Å². The molecule has 1 aromatic rings. The van der Waals surface area contributed by atoms with Crippen molar-refractivity contribution in [1.82, 2.24) is 15.3 Å². The number of hydrogen-bond donors (Lipinski definition) is 2. The molecule has 0 aliphatic heterocycles. The summed E-state index contributed by atoms with van der Waals surface area (Å²) in [5, 5.41) is 11.2. The van der Waals surface area contributed by atoms with Gasteiger partial charge in [-0.25, -0.2) is 18.7 Å². The highest BCUT2D eigenvalue weighted by Crippen LogP contribution is 2.38. The summed E-state index contributed by atoms with van der Waals surface area (Å²) in [6.07, 6.45) is -0.850. The Morgan fingerprint density at radius 3 is 2.80 bits per heavy atom. The van der Waals surface area contributed by atoms with Gasteiger partial charge in [-0.1, -0.05) is 0 Å². The predicted octanol–water partition coefficient (Wildman–Crippen LogP) is 0.794. The molecule has 1 aromatic heterocycles. The van der Waals surface area contributed by atoms with Gasteiger partial charge < -0.3 is 10.4 Å². The lowest BCUT2D eigenvalue weighted by Gasteiger charge is -2.05. The second kappa shape index (κ2) is 5.89. The fourth-order valence-corrected chi connectivity index (χ4v) is 1.84. The Labute approximate surface area is 113 Å². The minimum atomic E-state index is -2.66. The summed E-state index contributed by atoms with van der Waals surface area (Å²) in [5.74, 6) is -2.18. The molecule has 2 N–H and O–H groups in total. The first kappa shape index (κ1) is 14.3. The van der Waals surface area contributed by atoms with E-state index in [2.05, 4.69) is 15.3 Å². The van der Waals surface area contributed by atoms with E-state index in [0.29, 0.717) is 6.42 Å². The third-order valence-corrected chi connectivity index (χ3v) is 3.04. The zero-order valence-electron chi connectivity index (χ0n) is 10.4. The van der Waals surface area contributed by atoms with E-state index in [-0.39, 0.29) is 30.4 Å². The van der Waals surface area contributed by atoms with Crippen molar-refractivity contribution >= 4 is 11.9 Å². The molecule has 6 nitrogen and oxygen atoms in total. The Bertz CT molecular complexity index is 524. The van der Waals surface area contributed by atoms with Crippen LogP contribution in [0.4, 0.5) is 8.78 Å². The molecule has 2 rings (SSSR count). The van der Waals surface area contributed by atoms with Gasteiger partial charge in [0.2, 0.25) is 5.91 Å². The van der Waals surface area contributed by atoms with E-state index in [9.17, 15) is 18.4 Å². The van der Waals surface area contributed by atoms with Crippen LogP contribution in [-0.2, 0) is 16.0 Å². The fraction of sp³-hybridized carbons (Fsp3) is 0.500. The van der Waals surface area contributed by atoms with Gasteiger partial charge in [0.05, 0.1) is 11.8 Å². The number of alkyl halides is 2. The van der Waals surface area contributed by atoms with Crippen LogP contribution in [0.15, 0.2) is 12.3 Å². The van der Waals surface area contributed by atoms with Crippen LogP contribution in [0.25, 0.3) is 0 Å². The van der Waals surface area contributed by atoms with Crippen LogP contribution in [0.5, 0.6) is 0 Å². The van der Waals surface area contributed by atoms with Crippen LogP contribution < -0.4 is 5.32 Å². The molecule has 0 unspecified atom stereocenters. The van der Waals surface area contributed by atoms with Crippen molar-refractivity contribution in [3.05, 3.63) is 23.8 Å². The quantitative estimate of drug-likeness (QED) is 0.806. The Hall–Kier alpha value is -2.12. The predicted molar refractivity (Wildman–Crippen MR) is 62.9 cm³/mol. The van der Waals surface area contributed by atoms with Crippen LogP contribution in [0.2, 0.25) is 0 Å². The molecule has 20 heavy (non-hydrogen) atoms. The molecule has 1 amide bonds. The average Bonchev–Trinajstić information content (AvgIpc) is 3.19. The normalized spacial score (nSPS) is 20.8. The second-order valence-corrected chi connectivity index (χ2v) is 4.53. The van der Waals surface area contributed by atoms with Gasteiger partial charge in [-0.05, 0) is 12.5 Å². The first-order valence-electron chi connectivity index (χ1n) is 6.09. The zero-order chi connectivity index (χ0) is 14.7. The smallest absolute Gasteiger partial charge is 0.307 e. The number of carbonyl (C=O) groups excluding carboxylic acids is 1. The van der Waals surface area contributed by atoms with Crippen LogP contribution in [0.1, 0.15) is 24.4 Å². The first-order valence-corrected chi connectivity index (χ1v) is 6.09. The molecule has 8 heteroatoms. The van der Waals surface area contributed by atoms with E-state index in [1.165, 1.54) is 6.20 Å². The van der Waals surface area contributed by atoms with Crippen molar-refractivity contribution in [2.24, 2.45) is 11.8 Å². The highest BCUT2D eigenvalue weighted by molar-refractivity contribution is 5.89. The van der Waals surface area contributed by atoms with E-state index in [4.69, 9.17) is 5.11 Å². The maximum absolute atomic E-state index is 12.4. The van der Waals surface area contributed by atoms with Gasteiger partial charge in [-0.3, -0.25) is 9.59 Å². The summed E-state index contributed by atoms with van der Waals surface area (Å²) in [6, 6.07) is 1.13. The lowest BCUT2D eigenvalue weighted by atomic mass is 10.3. The number of rotatable bonds is 6. The van der Waals surface area contributed by atoms with Crippen LogP contribution in [0, 0.1) is 11.8 Å². The van der Waals surface area contributed by atoms with Crippen LogP contribution >= 0.6 is 0 Å². The molecule has 0 saturated heterocycles. The molecule has 1 saturated carbocycles. The van der Waals surface area contributed by atoms with E-state index in [0.717, 1.165) is 6.07 Å². The van der Waals surface area contributed by atoms with Crippen molar-refractivity contribution in [2.45, 2.75) is 19.3 Å². The lowest BCUT2D eigenvalue weighted by molar-refractivity contribution is -0.140. The Morgan fingerprint density at radius 2 is 2.20 bits per heavy atom. The number of aliphatic carboxylic acids is 1. The molecular weight excluding hydrogens is 272 g/mol. The summed E-state index contributed by atoms with van der Waals surface area (Å²) in [6.45, 7) is 0.189. The topological polar surface area (TPSA) is 92.2 Å². The van der Waals surface area contributed by atoms with Crippen molar-refractivity contribution < 1.29 is 23.5 Å². The standard InChI is InChI=1S/C12H13F2N3O3/c13-10(14)8-1-3-15-9(17-8)2-4-16-11(18)6-5-7(6)12(19)20/h1,3,6-7,10H,2,4-5H2,(H,16,18)(H,19,20)/t6-,7-/m1/s1. The molecule has 0 radical (unpaired) electrons. The number of nitrogens with zero attached hydrogens (tertiary/aromatic N) is 2. The molecule has 1 aliphatic carbocycles. The molecule has 0 aromatic carbocycles. The van der Waals surface area contributed by atoms with Gasteiger partial charge in [-0.15, -0.1) is 0 Å². The van der Waals surface area contributed by atoms with Crippen LogP contribution in [-0.4, -0.2) is 33.5 Å². The van der Waals surface area contributed by atoms with Crippen molar-refractivity contribution in [2.75, 3.05) is 6.54 Å². The number of halogens is 2. The van der Waals surface area contributed by atoms with Gasteiger partial charge >= 0.3 is 5.97 Å². The van der Waals surface area contributed by atoms with Gasteiger partial charge in [-0.2, -0.15) is 0 Å². The number of hydrogen-bond acceptors (Lipinski definition) is 4. The third kappa shape index (κ3) is 3.46. The van der Waals surface area contributed by atoms with E-state index in [1.807, 2.05) is 0 Å². The summed E-state index contributed by atoms with van der Waals surface area (Å²) in [4.78, 5) is 29.7. The Kier molecular flexibility index (Phi) is 4.21. The van der Waals surface area contributed by atoms with Gasteiger partial charge in [0.15, 0.2) is 0 Å². The molecule has 0 bridgehead atoms. The van der Waals surface area contributed by atoms with Crippen molar-refractivity contribution in [3.8, 4) is 0 Å². The third-order valence-electron chi connectivity index (χ3n) is 3.04.